The zero-order valence-electron chi connectivity index (χ0n) is 26.3. The van der Waals surface area contributed by atoms with Crippen LogP contribution in [0.25, 0.3) is 83.5 Å². The number of furan rings is 1. The average molecular weight is 629 g/mol. The Kier molecular flexibility index (Phi) is 6.18. The molecule has 0 fully saturated rings. The van der Waals surface area contributed by atoms with Crippen LogP contribution in [0.15, 0.2) is 156 Å². The third-order valence-electron chi connectivity index (χ3n) is 9.54. The molecule has 2 aromatic heterocycles. The van der Waals surface area contributed by atoms with Crippen LogP contribution >= 0.6 is 0 Å². The minimum absolute atomic E-state index is 0.0457. The Morgan fingerprint density at radius 2 is 1.16 bits per heavy atom. The summed E-state index contributed by atoms with van der Waals surface area (Å²) in [5, 5.41) is 12.2. The number of anilines is 1. The summed E-state index contributed by atoms with van der Waals surface area (Å²) in [5.74, 6) is 2.60. The van der Waals surface area contributed by atoms with Gasteiger partial charge in [-0.05, 0) is 50.0 Å². The van der Waals surface area contributed by atoms with E-state index >= 15 is 0 Å². The first-order chi connectivity index (χ1) is 24.3. The number of aromatic nitrogens is 3. The molecule has 230 valence electrons. The SMILES string of the molecule is C1=CC(c2ccc3c(ccc4ccc5ccccc5c43)c2)Nc2oc3cccc(-c4nc(-c5ccccc5)nc(-c5ccccc5)n4)c3c21. The smallest absolute Gasteiger partial charge is 0.202 e. The van der Waals surface area contributed by atoms with Crippen molar-refractivity contribution in [2.45, 2.75) is 6.04 Å². The van der Waals surface area contributed by atoms with Crippen molar-refractivity contribution in [1.29, 1.82) is 0 Å². The van der Waals surface area contributed by atoms with Crippen LogP contribution in [0, 0.1) is 0 Å². The molecule has 0 saturated heterocycles. The lowest BCUT2D eigenvalue weighted by molar-refractivity contribution is 0.619. The van der Waals surface area contributed by atoms with E-state index in [1.165, 1.54) is 37.9 Å². The standard InChI is InChI=1S/C44H28N4O/c1-3-11-29(12-4-1)41-46-42(30-13-5-2-6-14-30)48-43(47-41)35-16-9-17-38-40(35)36-24-25-37(45-44(36)49-38)32-22-23-34-31(26-32)21-20-28-19-18-27-10-7-8-15-33(27)39(28)34/h1-26,37,45H. The van der Waals surface area contributed by atoms with Crippen molar-refractivity contribution in [2.75, 3.05) is 5.32 Å². The molecule has 0 amide bonds. The number of fused-ring (bicyclic) bond motifs is 8. The van der Waals surface area contributed by atoms with Gasteiger partial charge in [0.05, 0.1) is 6.04 Å². The molecule has 0 saturated carbocycles. The number of nitrogens with zero attached hydrogens (tertiary/aromatic N) is 3. The molecule has 3 heterocycles. The molecule has 1 N–H and O–H groups in total. The van der Waals surface area contributed by atoms with Crippen molar-refractivity contribution in [1.82, 2.24) is 15.0 Å². The van der Waals surface area contributed by atoms with E-state index in [2.05, 4.69) is 90.3 Å². The highest BCUT2D eigenvalue weighted by Crippen LogP contribution is 2.42. The Balaban J connectivity index is 1.07. The van der Waals surface area contributed by atoms with Crippen LogP contribution in [-0.4, -0.2) is 15.0 Å². The van der Waals surface area contributed by atoms with E-state index in [4.69, 9.17) is 19.4 Å². The lowest BCUT2D eigenvalue weighted by Crippen LogP contribution is -2.11. The van der Waals surface area contributed by atoms with Crippen molar-refractivity contribution in [3.63, 3.8) is 0 Å². The van der Waals surface area contributed by atoms with Crippen LogP contribution in [0.1, 0.15) is 17.2 Å². The van der Waals surface area contributed by atoms with Gasteiger partial charge < -0.3 is 9.73 Å². The molecule has 1 unspecified atom stereocenters. The highest BCUT2D eigenvalue weighted by molar-refractivity contribution is 6.20. The number of rotatable bonds is 4. The summed E-state index contributed by atoms with van der Waals surface area (Å²) in [6, 6.07) is 50.4. The summed E-state index contributed by atoms with van der Waals surface area (Å²) >= 11 is 0. The maximum atomic E-state index is 6.49. The Morgan fingerprint density at radius 1 is 0.510 bits per heavy atom. The van der Waals surface area contributed by atoms with Crippen LogP contribution in [-0.2, 0) is 0 Å². The molecule has 1 aliphatic heterocycles. The predicted molar refractivity (Wildman–Crippen MR) is 200 cm³/mol. The first-order valence-corrected chi connectivity index (χ1v) is 16.5. The molecule has 1 atom stereocenters. The van der Waals surface area contributed by atoms with Crippen LogP contribution < -0.4 is 5.32 Å². The fourth-order valence-electron chi connectivity index (χ4n) is 7.18. The van der Waals surface area contributed by atoms with E-state index in [0.717, 1.165) is 39.1 Å². The monoisotopic (exact) mass is 628 g/mol. The largest absolute Gasteiger partial charge is 0.440 e. The normalized spacial score (nSPS) is 14.0. The zero-order chi connectivity index (χ0) is 32.3. The minimum atomic E-state index is -0.0457. The number of benzene rings is 7. The van der Waals surface area contributed by atoms with E-state index in [-0.39, 0.29) is 6.04 Å². The second kappa shape index (κ2) is 11.0. The van der Waals surface area contributed by atoms with E-state index in [1.807, 2.05) is 72.8 Å². The van der Waals surface area contributed by atoms with Gasteiger partial charge in [-0.25, -0.2) is 15.0 Å². The molecular weight excluding hydrogens is 601 g/mol. The highest BCUT2D eigenvalue weighted by Gasteiger charge is 2.24. The van der Waals surface area contributed by atoms with Crippen LogP contribution in [0.3, 0.4) is 0 Å². The van der Waals surface area contributed by atoms with Crippen LogP contribution in [0.5, 0.6) is 0 Å². The fourth-order valence-corrected chi connectivity index (χ4v) is 7.18. The molecule has 0 radical (unpaired) electrons. The van der Waals surface area contributed by atoms with Gasteiger partial charge in [0.25, 0.3) is 0 Å². The summed E-state index contributed by atoms with van der Waals surface area (Å²) in [4.78, 5) is 14.9. The van der Waals surface area contributed by atoms with Crippen molar-refractivity contribution in [2.24, 2.45) is 0 Å². The molecule has 7 aromatic carbocycles. The van der Waals surface area contributed by atoms with Gasteiger partial charge in [0, 0.05) is 27.6 Å². The van der Waals surface area contributed by atoms with Crippen LogP contribution in [0.4, 0.5) is 5.88 Å². The van der Waals surface area contributed by atoms with E-state index < -0.39 is 0 Å². The Bertz CT molecular complexity index is 2690. The first kappa shape index (κ1) is 27.5. The Labute approximate surface area is 282 Å². The number of hydrogen-bond donors (Lipinski definition) is 1. The molecular formula is C44H28N4O. The fraction of sp³-hybridized carbons (Fsp3) is 0.0227. The minimum Gasteiger partial charge on any atom is -0.440 e. The summed E-state index contributed by atoms with van der Waals surface area (Å²) in [7, 11) is 0. The second-order valence-corrected chi connectivity index (χ2v) is 12.5. The van der Waals surface area contributed by atoms with Gasteiger partial charge in [-0.15, -0.1) is 0 Å². The van der Waals surface area contributed by atoms with Crippen molar-refractivity contribution < 1.29 is 4.42 Å². The van der Waals surface area contributed by atoms with Gasteiger partial charge in [0.1, 0.15) is 5.58 Å². The van der Waals surface area contributed by atoms with E-state index in [0.29, 0.717) is 17.5 Å². The third kappa shape index (κ3) is 4.59. The summed E-state index contributed by atoms with van der Waals surface area (Å²) in [5.41, 5.74) is 5.71. The van der Waals surface area contributed by atoms with Gasteiger partial charge >= 0.3 is 0 Å². The van der Waals surface area contributed by atoms with Crippen LogP contribution in [0.2, 0.25) is 0 Å². The molecule has 0 bridgehead atoms. The molecule has 9 aromatic rings. The lowest BCUT2D eigenvalue weighted by atomic mass is 9.93. The van der Waals surface area contributed by atoms with Gasteiger partial charge in [-0.1, -0.05) is 146 Å². The lowest BCUT2D eigenvalue weighted by Gasteiger charge is -2.20. The maximum Gasteiger partial charge on any atom is 0.202 e. The molecule has 5 heteroatoms. The van der Waals surface area contributed by atoms with Gasteiger partial charge in [-0.2, -0.15) is 0 Å². The van der Waals surface area contributed by atoms with E-state index in [9.17, 15) is 0 Å². The first-order valence-electron chi connectivity index (χ1n) is 16.5. The van der Waals surface area contributed by atoms with Gasteiger partial charge in [0.2, 0.25) is 5.88 Å². The zero-order valence-corrected chi connectivity index (χ0v) is 26.3. The molecule has 49 heavy (non-hydrogen) atoms. The van der Waals surface area contributed by atoms with Crippen molar-refractivity contribution >= 4 is 55.2 Å². The summed E-state index contributed by atoms with van der Waals surface area (Å²) in [6.45, 7) is 0. The summed E-state index contributed by atoms with van der Waals surface area (Å²) < 4.78 is 6.49. The maximum absolute atomic E-state index is 6.49. The number of hydrogen-bond acceptors (Lipinski definition) is 5. The predicted octanol–water partition coefficient (Wildman–Crippen LogP) is 11.3. The number of nitrogens with one attached hydrogen (secondary N) is 1. The molecule has 1 aliphatic rings. The Morgan fingerprint density at radius 3 is 1.94 bits per heavy atom. The molecule has 0 aliphatic carbocycles. The van der Waals surface area contributed by atoms with E-state index in [1.54, 1.807) is 0 Å². The quantitative estimate of drug-likeness (QED) is 0.197. The average Bonchev–Trinajstić information content (AvgIpc) is 3.56. The Hall–Kier alpha value is -6.59. The van der Waals surface area contributed by atoms with Crippen molar-refractivity contribution in [3.05, 3.63) is 163 Å². The van der Waals surface area contributed by atoms with Gasteiger partial charge in [0.15, 0.2) is 17.5 Å². The third-order valence-corrected chi connectivity index (χ3v) is 9.54. The highest BCUT2D eigenvalue weighted by atomic mass is 16.4. The topological polar surface area (TPSA) is 63.8 Å². The summed E-state index contributed by atoms with van der Waals surface area (Å²) in [6.07, 6.45) is 4.38. The van der Waals surface area contributed by atoms with Crippen molar-refractivity contribution in [3.8, 4) is 34.2 Å². The molecule has 10 rings (SSSR count). The second-order valence-electron chi connectivity index (χ2n) is 12.5. The molecule has 5 nitrogen and oxygen atoms in total. The van der Waals surface area contributed by atoms with Gasteiger partial charge in [-0.3, -0.25) is 0 Å². The molecule has 0 spiro atoms.